The molecule has 2 aromatic rings. The molecule has 3 aliphatic rings. The van der Waals surface area contributed by atoms with Gasteiger partial charge in [-0.15, -0.1) is 0 Å². The molecule has 5 heterocycles. The minimum Gasteiger partial charge on any atom is -0.381 e. The number of hydrogen-bond donors (Lipinski definition) is 2. The van der Waals surface area contributed by atoms with Crippen LogP contribution in [-0.4, -0.2) is 64.5 Å². The van der Waals surface area contributed by atoms with Crippen molar-refractivity contribution in [2.45, 2.75) is 44.8 Å². The molecule has 1 atom stereocenters. The van der Waals surface area contributed by atoms with Gasteiger partial charge in [-0.3, -0.25) is 10.00 Å². The monoisotopic (exact) mass is 398 g/mol. The van der Waals surface area contributed by atoms with E-state index in [4.69, 9.17) is 14.5 Å². The average Bonchev–Trinajstić information content (AvgIpc) is 3.35. The number of nitrogens with zero attached hydrogens (tertiary/aromatic N) is 4. The van der Waals surface area contributed by atoms with Crippen LogP contribution in [0.5, 0.6) is 0 Å². The van der Waals surface area contributed by atoms with Crippen LogP contribution in [0.4, 0.5) is 5.95 Å². The van der Waals surface area contributed by atoms with E-state index in [2.05, 4.69) is 32.3 Å². The molecular weight excluding hydrogens is 368 g/mol. The Labute approximate surface area is 171 Å². The van der Waals surface area contributed by atoms with Crippen LogP contribution < -0.4 is 5.32 Å². The van der Waals surface area contributed by atoms with Crippen LogP contribution in [0.1, 0.15) is 41.8 Å². The average molecular weight is 399 g/mol. The molecule has 156 valence electrons. The number of aryl methyl sites for hydroxylation is 1. The molecule has 0 radical (unpaired) electrons. The lowest BCUT2D eigenvalue weighted by atomic mass is 9.80. The van der Waals surface area contributed by atoms with Crippen molar-refractivity contribution in [3.8, 4) is 0 Å². The maximum absolute atomic E-state index is 5.98. The van der Waals surface area contributed by atoms with Crippen molar-refractivity contribution in [3.05, 3.63) is 34.9 Å². The summed E-state index contributed by atoms with van der Waals surface area (Å²) in [6.07, 6.45) is 7.17. The van der Waals surface area contributed by atoms with Crippen LogP contribution in [0.25, 0.3) is 0 Å². The van der Waals surface area contributed by atoms with Crippen molar-refractivity contribution in [3.63, 3.8) is 0 Å². The molecule has 2 N–H and O–H groups in total. The zero-order chi connectivity index (χ0) is 19.7. The largest absolute Gasteiger partial charge is 0.381 e. The second kappa shape index (κ2) is 8.01. The van der Waals surface area contributed by atoms with Gasteiger partial charge in [0.05, 0.1) is 30.5 Å². The highest BCUT2D eigenvalue weighted by molar-refractivity contribution is 5.36. The number of fused-ring (bicyclic) bond motifs is 2. The number of nitrogens with one attached hydrogen (secondary N) is 2. The Morgan fingerprint density at radius 2 is 2.17 bits per heavy atom. The van der Waals surface area contributed by atoms with E-state index in [1.165, 1.54) is 11.3 Å². The van der Waals surface area contributed by atoms with Crippen LogP contribution in [-0.2, 0) is 28.0 Å². The van der Waals surface area contributed by atoms with Gasteiger partial charge in [-0.1, -0.05) is 0 Å². The number of aromatic nitrogens is 4. The molecule has 8 heteroatoms. The molecule has 1 spiro atoms. The number of anilines is 1. The number of H-pyrrole nitrogens is 1. The molecule has 0 saturated carbocycles. The number of rotatable bonds is 5. The summed E-state index contributed by atoms with van der Waals surface area (Å²) in [5, 5.41) is 10.7. The second-order valence-electron chi connectivity index (χ2n) is 8.76. The number of likely N-dealkylation sites (tertiary alicyclic amines) is 1. The van der Waals surface area contributed by atoms with Crippen molar-refractivity contribution >= 4 is 5.95 Å². The van der Waals surface area contributed by atoms with Gasteiger partial charge < -0.3 is 14.8 Å². The molecular formula is C21H30N6O2. The Morgan fingerprint density at radius 1 is 1.28 bits per heavy atom. The van der Waals surface area contributed by atoms with E-state index < -0.39 is 0 Å². The molecule has 0 aromatic carbocycles. The molecule has 2 saturated heterocycles. The Morgan fingerprint density at radius 3 is 3.00 bits per heavy atom. The molecule has 2 fully saturated rings. The number of hydrogen-bond acceptors (Lipinski definition) is 7. The zero-order valence-electron chi connectivity index (χ0n) is 17.1. The van der Waals surface area contributed by atoms with E-state index >= 15 is 0 Å². The molecule has 29 heavy (non-hydrogen) atoms. The van der Waals surface area contributed by atoms with Gasteiger partial charge >= 0.3 is 0 Å². The Hall–Kier alpha value is -2.03. The summed E-state index contributed by atoms with van der Waals surface area (Å²) in [5.41, 5.74) is 4.69. The minimum atomic E-state index is -0.0384. The quantitative estimate of drug-likeness (QED) is 0.797. The van der Waals surface area contributed by atoms with Crippen LogP contribution >= 0.6 is 0 Å². The van der Waals surface area contributed by atoms with E-state index in [-0.39, 0.29) is 5.41 Å². The molecule has 0 unspecified atom stereocenters. The van der Waals surface area contributed by atoms with Crippen molar-refractivity contribution < 1.29 is 9.47 Å². The molecule has 0 aliphatic carbocycles. The van der Waals surface area contributed by atoms with Crippen LogP contribution in [0, 0.1) is 12.8 Å². The second-order valence-corrected chi connectivity index (χ2v) is 8.76. The first-order valence-corrected chi connectivity index (χ1v) is 10.7. The van der Waals surface area contributed by atoms with E-state index in [9.17, 15) is 0 Å². The third-order valence-electron chi connectivity index (χ3n) is 6.65. The Balaban J connectivity index is 1.31. The maximum atomic E-state index is 5.98. The van der Waals surface area contributed by atoms with E-state index in [1.807, 2.05) is 12.4 Å². The van der Waals surface area contributed by atoms with Crippen molar-refractivity contribution in [2.24, 2.45) is 5.92 Å². The van der Waals surface area contributed by atoms with Crippen molar-refractivity contribution in [2.75, 3.05) is 44.8 Å². The van der Waals surface area contributed by atoms with Crippen molar-refractivity contribution in [1.82, 2.24) is 25.1 Å². The smallest absolute Gasteiger partial charge is 0.222 e. The van der Waals surface area contributed by atoms with Gasteiger partial charge in [0.25, 0.3) is 0 Å². The lowest BCUT2D eigenvalue weighted by Gasteiger charge is -2.34. The molecule has 3 aliphatic heterocycles. The Kier molecular flexibility index (Phi) is 5.24. The van der Waals surface area contributed by atoms with Crippen molar-refractivity contribution in [1.29, 1.82) is 0 Å². The van der Waals surface area contributed by atoms with Gasteiger partial charge in [0.15, 0.2) is 0 Å². The highest BCUT2D eigenvalue weighted by Crippen LogP contribution is 2.39. The normalized spacial score (nSPS) is 25.4. The third kappa shape index (κ3) is 3.89. The fraction of sp³-hybridized carbons (Fsp3) is 0.667. The van der Waals surface area contributed by atoms with E-state index in [1.54, 1.807) is 0 Å². The van der Waals surface area contributed by atoms with Gasteiger partial charge in [0, 0.05) is 55.9 Å². The summed E-state index contributed by atoms with van der Waals surface area (Å²) < 4.78 is 11.4. The van der Waals surface area contributed by atoms with Crippen LogP contribution in [0.2, 0.25) is 0 Å². The van der Waals surface area contributed by atoms with Crippen LogP contribution in [0.15, 0.2) is 12.4 Å². The van der Waals surface area contributed by atoms with Gasteiger partial charge in [-0.25, -0.2) is 9.97 Å². The fourth-order valence-corrected chi connectivity index (χ4v) is 4.85. The minimum absolute atomic E-state index is 0.0384. The summed E-state index contributed by atoms with van der Waals surface area (Å²) in [6, 6.07) is 0. The summed E-state index contributed by atoms with van der Waals surface area (Å²) in [5.74, 6) is 1.39. The SMILES string of the molecule is Cc1[nH]ncc1CN1CC[C@]2(COCc3cnc(NCC4CCOCC4)nc32)C1. The highest BCUT2D eigenvalue weighted by atomic mass is 16.5. The summed E-state index contributed by atoms with van der Waals surface area (Å²) >= 11 is 0. The van der Waals surface area contributed by atoms with Gasteiger partial charge in [0.1, 0.15) is 0 Å². The highest BCUT2D eigenvalue weighted by Gasteiger charge is 2.45. The third-order valence-corrected chi connectivity index (χ3v) is 6.65. The lowest BCUT2D eigenvalue weighted by molar-refractivity contribution is 0.0503. The van der Waals surface area contributed by atoms with Gasteiger partial charge in [0.2, 0.25) is 5.95 Å². The first kappa shape index (κ1) is 19.0. The molecule has 0 bridgehead atoms. The molecule has 5 rings (SSSR count). The Bertz CT molecular complexity index is 849. The standard InChI is InChI=1S/C21H30N6O2/c1-15-17(10-24-26-15)11-27-5-4-21(13-27)14-29-12-18-9-23-20(25-19(18)21)22-8-16-2-6-28-7-3-16/h9-10,16H,2-8,11-14H2,1H3,(H,24,26)(H,22,23,25)/t21-/m1/s1. The predicted octanol–water partition coefficient (Wildman–Crippen LogP) is 2.02. The summed E-state index contributed by atoms with van der Waals surface area (Å²) in [4.78, 5) is 12.1. The van der Waals surface area contributed by atoms with Gasteiger partial charge in [-0.2, -0.15) is 5.10 Å². The topological polar surface area (TPSA) is 88.2 Å². The molecule has 2 aromatic heterocycles. The molecule has 0 amide bonds. The fourth-order valence-electron chi connectivity index (χ4n) is 4.85. The van der Waals surface area contributed by atoms with E-state index in [0.29, 0.717) is 12.5 Å². The van der Waals surface area contributed by atoms with E-state index in [0.717, 1.165) is 82.5 Å². The number of aromatic amines is 1. The summed E-state index contributed by atoms with van der Waals surface area (Å²) in [7, 11) is 0. The molecule has 8 nitrogen and oxygen atoms in total. The summed E-state index contributed by atoms with van der Waals surface area (Å²) in [6.45, 7) is 8.99. The zero-order valence-corrected chi connectivity index (χ0v) is 17.1. The maximum Gasteiger partial charge on any atom is 0.222 e. The lowest BCUT2D eigenvalue weighted by Crippen LogP contribution is -2.40. The van der Waals surface area contributed by atoms with Crippen LogP contribution in [0.3, 0.4) is 0 Å². The predicted molar refractivity (Wildman–Crippen MR) is 109 cm³/mol. The van der Waals surface area contributed by atoms with Gasteiger partial charge in [-0.05, 0) is 38.6 Å². The first-order chi connectivity index (χ1) is 14.2. The first-order valence-electron chi connectivity index (χ1n) is 10.7. The number of ether oxygens (including phenoxy) is 2.